The van der Waals surface area contributed by atoms with Crippen LogP contribution in [0.1, 0.15) is 16.9 Å². The van der Waals surface area contributed by atoms with Crippen LogP contribution in [-0.4, -0.2) is 21.8 Å². The first-order valence-electron chi connectivity index (χ1n) is 5.46. The van der Waals surface area contributed by atoms with E-state index in [4.69, 9.17) is 22.0 Å². The van der Waals surface area contributed by atoms with Gasteiger partial charge in [0, 0.05) is 11.4 Å². The van der Waals surface area contributed by atoms with Gasteiger partial charge in [0.1, 0.15) is 5.71 Å². The second kappa shape index (κ2) is 6.36. The van der Waals surface area contributed by atoms with E-state index in [1.807, 2.05) is 17.5 Å². The molecule has 0 aliphatic carbocycles. The van der Waals surface area contributed by atoms with E-state index >= 15 is 0 Å². The lowest BCUT2D eigenvalue weighted by atomic mass is 10.0. The molecule has 0 atom stereocenters. The Balaban J connectivity index is 2.22. The molecule has 0 bridgehead atoms. The summed E-state index contributed by atoms with van der Waals surface area (Å²) in [6.45, 7) is 0. The maximum atomic E-state index is 9.11. The summed E-state index contributed by atoms with van der Waals surface area (Å²) >= 11 is 7.27. The predicted octanol–water partition coefficient (Wildman–Crippen LogP) is 3.85. The third kappa shape index (κ3) is 3.33. The molecular formula is C13H11ClN2O2S. The third-order valence-electron chi connectivity index (χ3n) is 2.56. The van der Waals surface area contributed by atoms with Gasteiger partial charge in [-0.3, -0.25) is 0 Å². The number of thiophene rings is 1. The van der Waals surface area contributed by atoms with Crippen molar-refractivity contribution < 1.29 is 10.4 Å². The van der Waals surface area contributed by atoms with Gasteiger partial charge in [-0.15, -0.1) is 11.3 Å². The molecule has 19 heavy (non-hydrogen) atoms. The van der Waals surface area contributed by atoms with E-state index in [0.717, 1.165) is 10.4 Å². The summed E-state index contributed by atoms with van der Waals surface area (Å²) in [5.41, 5.74) is 1.60. The molecule has 98 valence electrons. The predicted molar refractivity (Wildman–Crippen MR) is 77.0 cm³/mol. The van der Waals surface area contributed by atoms with Gasteiger partial charge in [-0.2, -0.15) is 0 Å². The number of rotatable bonds is 4. The SMILES string of the molecule is ON=C(CC(=NO)c1cccs1)c1ccc(Cl)cc1. The van der Waals surface area contributed by atoms with Gasteiger partial charge in [-0.1, -0.05) is 40.1 Å². The fraction of sp³-hybridized carbons (Fsp3) is 0.0769. The van der Waals surface area contributed by atoms with Gasteiger partial charge in [0.15, 0.2) is 0 Å². The van der Waals surface area contributed by atoms with Crippen LogP contribution in [0.15, 0.2) is 52.1 Å². The van der Waals surface area contributed by atoms with Gasteiger partial charge in [0.05, 0.1) is 10.6 Å². The topological polar surface area (TPSA) is 65.2 Å². The van der Waals surface area contributed by atoms with Crippen LogP contribution in [0.3, 0.4) is 0 Å². The fourth-order valence-electron chi connectivity index (χ4n) is 1.61. The second-order valence-corrected chi connectivity index (χ2v) is 5.14. The largest absolute Gasteiger partial charge is 0.411 e. The lowest BCUT2D eigenvalue weighted by Gasteiger charge is -2.05. The van der Waals surface area contributed by atoms with Gasteiger partial charge in [-0.25, -0.2) is 0 Å². The van der Waals surface area contributed by atoms with Gasteiger partial charge in [0.2, 0.25) is 0 Å². The number of halogens is 1. The van der Waals surface area contributed by atoms with Crippen LogP contribution in [0.5, 0.6) is 0 Å². The highest BCUT2D eigenvalue weighted by molar-refractivity contribution is 7.12. The Morgan fingerprint density at radius 3 is 2.26 bits per heavy atom. The Labute approximate surface area is 119 Å². The number of oxime groups is 2. The summed E-state index contributed by atoms with van der Waals surface area (Å²) in [7, 11) is 0. The lowest BCUT2D eigenvalue weighted by Crippen LogP contribution is -2.10. The zero-order chi connectivity index (χ0) is 13.7. The van der Waals surface area contributed by atoms with Crippen LogP contribution in [0.2, 0.25) is 5.02 Å². The summed E-state index contributed by atoms with van der Waals surface area (Å²) in [5, 5.41) is 27.2. The van der Waals surface area contributed by atoms with Crippen LogP contribution in [-0.2, 0) is 0 Å². The molecule has 1 aromatic carbocycles. The molecular weight excluding hydrogens is 284 g/mol. The van der Waals surface area contributed by atoms with E-state index in [9.17, 15) is 0 Å². The van der Waals surface area contributed by atoms with Crippen LogP contribution in [0, 0.1) is 0 Å². The maximum absolute atomic E-state index is 9.11. The summed E-state index contributed by atoms with van der Waals surface area (Å²) in [6.07, 6.45) is 0.231. The van der Waals surface area contributed by atoms with Crippen molar-refractivity contribution in [1.29, 1.82) is 0 Å². The van der Waals surface area contributed by atoms with Crippen molar-refractivity contribution in [3.05, 3.63) is 57.2 Å². The number of nitrogens with zero attached hydrogens (tertiary/aromatic N) is 2. The van der Waals surface area contributed by atoms with E-state index in [2.05, 4.69) is 10.3 Å². The van der Waals surface area contributed by atoms with Gasteiger partial charge >= 0.3 is 0 Å². The first-order chi connectivity index (χ1) is 9.24. The molecule has 4 nitrogen and oxygen atoms in total. The molecule has 1 heterocycles. The molecule has 2 aromatic rings. The number of benzene rings is 1. The molecule has 2 rings (SSSR count). The molecule has 6 heteroatoms. The third-order valence-corrected chi connectivity index (χ3v) is 3.73. The molecule has 0 spiro atoms. The molecule has 1 aromatic heterocycles. The normalized spacial score (nSPS) is 12.7. The minimum Gasteiger partial charge on any atom is -0.411 e. The molecule has 0 amide bonds. The van der Waals surface area contributed by atoms with Gasteiger partial charge < -0.3 is 10.4 Å². The zero-order valence-corrected chi connectivity index (χ0v) is 11.4. The first-order valence-corrected chi connectivity index (χ1v) is 6.72. The maximum Gasteiger partial charge on any atom is 0.103 e. The second-order valence-electron chi connectivity index (χ2n) is 3.75. The summed E-state index contributed by atoms with van der Waals surface area (Å²) in [5.74, 6) is 0. The average molecular weight is 295 g/mol. The highest BCUT2D eigenvalue weighted by atomic mass is 35.5. The van der Waals surface area contributed by atoms with Gasteiger partial charge in [0.25, 0.3) is 0 Å². The first kappa shape index (κ1) is 13.6. The molecule has 0 unspecified atom stereocenters. The van der Waals surface area contributed by atoms with E-state index in [-0.39, 0.29) is 6.42 Å². The van der Waals surface area contributed by atoms with E-state index in [1.54, 1.807) is 24.3 Å². The van der Waals surface area contributed by atoms with Crippen molar-refractivity contribution in [2.24, 2.45) is 10.3 Å². The van der Waals surface area contributed by atoms with Gasteiger partial charge in [-0.05, 0) is 29.1 Å². The quantitative estimate of drug-likeness (QED) is 0.511. The minimum absolute atomic E-state index is 0.231. The van der Waals surface area contributed by atoms with E-state index in [1.165, 1.54) is 11.3 Å². The van der Waals surface area contributed by atoms with Crippen molar-refractivity contribution in [3.63, 3.8) is 0 Å². The molecule has 0 saturated carbocycles. The molecule has 0 radical (unpaired) electrons. The lowest BCUT2D eigenvalue weighted by molar-refractivity contribution is 0.316. The Morgan fingerprint density at radius 1 is 1.05 bits per heavy atom. The molecule has 0 aliphatic rings. The summed E-state index contributed by atoms with van der Waals surface area (Å²) in [4.78, 5) is 0.831. The number of hydrogen-bond donors (Lipinski definition) is 2. The van der Waals surface area contributed by atoms with Crippen molar-refractivity contribution >= 4 is 34.4 Å². The highest BCUT2D eigenvalue weighted by Gasteiger charge is 2.12. The fourth-order valence-corrected chi connectivity index (χ4v) is 2.45. The Kier molecular flexibility index (Phi) is 4.54. The smallest absolute Gasteiger partial charge is 0.103 e. The molecule has 2 N–H and O–H groups in total. The van der Waals surface area contributed by atoms with Crippen LogP contribution >= 0.6 is 22.9 Å². The van der Waals surface area contributed by atoms with Crippen LogP contribution in [0.25, 0.3) is 0 Å². The van der Waals surface area contributed by atoms with Crippen LogP contribution in [0.4, 0.5) is 0 Å². The summed E-state index contributed by atoms with van der Waals surface area (Å²) in [6, 6.07) is 10.6. The van der Waals surface area contributed by atoms with Crippen LogP contribution < -0.4 is 0 Å². The Bertz CT molecular complexity index is 592. The van der Waals surface area contributed by atoms with Crippen molar-refractivity contribution in [1.82, 2.24) is 0 Å². The van der Waals surface area contributed by atoms with Crippen molar-refractivity contribution in [2.75, 3.05) is 0 Å². The highest BCUT2D eigenvalue weighted by Crippen LogP contribution is 2.16. The van der Waals surface area contributed by atoms with Crippen molar-refractivity contribution in [3.8, 4) is 0 Å². The van der Waals surface area contributed by atoms with Crippen molar-refractivity contribution in [2.45, 2.75) is 6.42 Å². The van der Waals surface area contributed by atoms with E-state index in [0.29, 0.717) is 16.4 Å². The molecule has 0 aliphatic heterocycles. The zero-order valence-electron chi connectivity index (χ0n) is 9.82. The number of hydrogen-bond acceptors (Lipinski definition) is 5. The molecule has 0 saturated heterocycles. The minimum atomic E-state index is 0.231. The summed E-state index contributed by atoms with van der Waals surface area (Å²) < 4.78 is 0. The Morgan fingerprint density at radius 2 is 1.74 bits per heavy atom. The monoisotopic (exact) mass is 294 g/mol. The standard InChI is InChI=1S/C13H11ClN2O2S/c14-10-5-3-9(4-6-10)11(15-17)8-12(16-18)13-2-1-7-19-13/h1-7,17-18H,8H2. The molecule has 0 fully saturated rings. The average Bonchev–Trinajstić information content (AvgIpc) is 2.95. The Hall–Kier alpha value is -1.85. The van der Waals surface area contributed by atoms with E-state index < -0.39 is 0 Å².